The number of H-pyrrole nitrogens is 1. The van der Waals surface area contributed by atoms with E-state index in [1.807, 2.05) is 0 Å². The molecule has 31 heavy (non-hydrogen) atoms. The second-order valence-corrected chi connectivity index (χ2v) is 7.85. The van der Waals surface area contributed by atoms with E-state index in [2.05, 4.69) is 26.2 Å². The third-order valence-corrected chi connectivity index (χ3v) is 5.63. The van der Waals surface area contributed by atoms with Gasteiger partial charge in [-0.2, -0.15) is 13.2 Å². The molecule has 0 aliphatic heterocycles. The van der Waals surface area contributed by atoms with Crippen molar-refractivity contribution in [2.24, 2.45) is 0 Å². The van der Waals surface area contributed by atoms with Crippen LogP contribution in [0, 0.1) is 10.1 Å². The molecule has 0 saturated carbocycles. The summed E-state index contributed by atoms with van der Waals surface area (Å²) in [5.74, 6) is 0. The molecule has 158 valence electrons. The van der Waals surface area contributed by atoms with E-state index in [1.54, 1.807) is 36.4 Å². The van der Waals surface area contributed by atoms with Gasteiger partial charge in [0.05, 0.1) is 4.92 Å². The van der Waals surface area contributed by atoms with Crippen LogP contribution in [0.1, 0.15) is 11.1 Å². The highest BCUT2D eigenvalue weighted by Gasteiger charge is 2.58. The topological polar surface area (TPSA) is 71.0 Å². The summed E-state index contributed by atoms with van der Waals surface area (Å²) in [6, 6.07) is 17.5. The van der Waals surface area contributed by atoms with Crippen LogP contribution in [0.25, 0.3) is 10.9 Å². The van der Waals surface area contributed by atoms with Gasteiger partial charge in [-0.3, -0.25) is 10.1 Å². The van der Waals surface area contributed by atoms with Crippen molar-refractivity contribution in [3.8, 4) is 0 Å². The molecule has 5 nitrogen and oxygen atoms in total. The SMILES string of the molecule is O=[N+]([O-])c1ccc(NC(c2ccc(Br)cc2)(c2c[nH]c3ccccc23)C(F)(F)F)cc1. The smallest absolute Gasteiger partial charge is 0.364 e. The highest BCUT2D eigenvalue weighted by atomic mass is 79.9. The maximum absolute atomic E-state index is 14.9. The molecule has 0 spiro atoms. The second-order valence-electron chi connectivity index (χ2n) is 6.93. The molecule has 0 bridgehead atoms. The number of hydrogen-bond donors (Lipinski definition) is 2. The molecule has 1 atom stereocenters. The van der Waals surface area contributed by atoms with Gasteiger partial charge in [0.15, 0.2) is 5.54 Å². The lowest BCUT2D eigenvalue weighted by Crippen LogP contribution is -2.50. The monoisotopic (exact) mass is 489 g/mol. The lowest BCUT2D eigenvalue weighted by atomic mass is 9.81. The van der Waals surface area contributed by atoms with Crippen LogP contribution in [0.2, 0.25) is 0 Å². The maximum Gasteiger partial charge on any atom is 0.420 e. The van der Waals surface area contributed by atoms with E-state index in [-0.39, 0.29) is 22.5 Å². The molecule has 1 aromatic heterocycles. The van der Waals surface area contributed by atoms with Crippen LogP contribution < -0.4 is 5.32 Å². The van der Waals surface area contributed by atoms with E-state index in [4.69, 9.17) is 0 Å². The van der Waals surface area contributed by atoms with E-state index in [9.17, 15) is 23.3 Å². The normalized spacial score (nSPS) is 13.7. The molecule has 0 aliphatic rings. The average Bonchev–Trinajstić information content (AvgIpc) is 3.16. The van der Waals surface area contributed by atoms with Crippen molar-refractivity contribution in [3.63, 3.8) is 0 Å². The number of aromatic nitrogens is 1. The molecule has 1 heterocycles. The van der Waals surface area contributed by atoms with Crippen LogP contribution in [-0.4, -0.2) is 16.1 Å². The molecule has 0 radical (unpaired) electrons. The lowest BCUT2D eigenvalue weighted by molar-refractivity contribution is -0.384. The molecule has 4 rings (SSSR count). The summed E-state index contributed by atoms with van der Waals surface area (Å²) >= 11 is 3.27. The zero-order valence-electron chi connectivity index (χ0n) is 15.8. The number of benzene rings is 3. The van der Waals surface area contributed by atoms with Crippen molar-refractivity contribution in [2.75, 3.05) is 5.32 Å². The number of para-hydroxylation sites is 1. The number of anilines is 1. The Labute approximate surface area is 183 Å². The van der Waals surface area contributed by atoms with Crippen molar-refractivity contribution in [3.05, 3.63) is 105 Å². The van der Waals surface area contributed by atoms with Gasteiger partial charge in [0, 0.05) is 45.0 Å². The van der Waals surface area contributed by atoms with Gasteiger partial charge >= 0.3 is 6.18 Å². The van der Waals surface area contributed by atoms with Crippen molar-refractivity contribution in [1.29, 1.82) is 0 Å². The number of fused-ring (bicyclic) bond motifs is 1. The van der Waals surface area contributed by atoms with Gasteiger partial charge in [0.25, 0.3) is 5.69 Å². The highest BCUT2D eigenvalue weighted by molar-refractivity contribution is 9.10. The van der Waals surface area contributed by atoms with Crippen LogP contribution in [0.5, 0.6) is 0 Å². The number of nitrogens with one attached hydrogen (secondary N) is 2. The van der Waals surface area contributed by atoms with E-state index in [0.717, 1.165) is 0 Å². The summed E-state index contributed by atoms with van der Waals surface area (Å²) in [4.78, 5) is 13.3. The van der Waals surface area contributed by atoms with Gasteiger partial charge in [-0.15, -0.1) is 0 Å². The molecular formula is C22H15BrF3N3O2. The van der Waals surface area contributed by atoms with Crippen LogP contribution in [0.15, 0.2) is 83.5 Å². The number of halogens is 4. The predicted octanol–water partition coefficient (Wildman–Crippen LogP) is 6.76. The Hall–Kier alpha value is -3.33. The van der Waals surface area contributed by atoms with Crippen molar-refractivity contribution < 1.29 is 18.1 Å². The number of nitrogens with zero attached hydrogens (tertiary/aromatic N) is 1. The molecule has 9 heteroatoms. The van der Waals surface area contributed by atoms with Crippen LogP contribution >= 0.6 is 15.9 Å². The zero-order chi connectivity index (χ0) is 22.2. The van der Waals surface area contributed by atoms with E-state index in [0.29, 0.717) is 15.4 Å². The van der Waals surface area contributed by atoms with Gasteiger partial charge in [0.1, 0.15) is 0 Å². The molecule has 1 unspecified atom stereocenters. The zero-order valence-corrected chi connectivity index (χ0v) is 17.4. The highest BCUT2D eigenvalue weighted by Crippen LogP contribution is 2.49. The molecule has 0 aliphatic carbocycles. The van der Waals surface area contributed by atoms with Gasteiger partial charge in [-0.25, -0.2) is 0 Å². The largest absolute Gasteiger partial charge is 0.420 e. The Morgan fingerprint density at radius 2 is 1.58 bits per heavy atom. The Morgan fingerprint density at radius 1 is 0.935 bits per heavy atom. The summed E-state index contributed by atoms with van der Waals surface area (Å²) in [5.41, 5.74) is -2.19. The lowest BCUT2D eigenvalue weighted by Gasteiger charge is -2.38. The summed E-state index contributed by atoms with van der Waals surface area (Å²) in [6.45, 7) is 0. The van der Waals surface area contributed by atoms with E-state index >= 15 is 0 Å². The van der Waals surface area contributed by atoms with Crippen molar-refractivity contribution in [2.45, 2.75) is 11.7 Å². The third-order valence-electron chi connectivity index (χ3n) is 5.11. The summed E-state index contributed by atoms with van der Waals surface area (Å²) < 4.78 is 45.5. The molecular weight excluding hydrogens is 475 g/mol. The second kappa shape index (κ2) is 7.73. The van der Waals surface area contributed by atoms with Crippen LogP contribution in [0.4, 0.5) is 24.5 Å². The van der Waals surface area contributed by atoms with Gasteiger partial charge < -0.3 is 10.3 Å². The number of hydrogen-bond acceptors (Lipinski definition) is 3. The minimum atomic E-state index is -4.76. The van der Waals surface area contributed by atoms with Gasteiger partial charge in [0.2, 0.25) is 0 Å². The number of aromatic amines is 1. The number of nitro benzene ring substituents is 1. The first kappa shape index (κ1) is 20.9. The Kier molecular flexibility index (Phi) is 5.22. The minimum absolute atomic E-state index is 0.00345. The van der Waals surface area contributed by atoms with Crippen molar-refractivity contribution in [1.82, 2.24) is 4.98 Å². The first-order valence-corrected chi connectivity index (χ1v) is 9.94. The van der Waals surface area contributed by atoms with Crippen molar-refractivity contribution >= 4 is 38.2 Å². The third kappa shape index (κ3) is 3.65. The summed E-state index contributed by atoms with van der Waals surface area (Å²) in [5, 5.41) is 14.0. The number of nitro groups is 1. The Bertz CT molecular complexity index is 1240. The summed E-state index contributed by atoms with van der Waals surface area (Å²) in [6.07, 6.45) is -3.41. The Balaban J connectivity index is 1.98. The van der Waals surface area contributed by atoms with Gasteiger partial charge in [-0.1, -0.05) is 46.3 Å². The van der Waals surface area contributed by atoms with Crippen LogP contribution in [0.3, 0.4) is 0 Å². The number of alkyl halides is 3. The molecule has 3 aromatic carbocycles. The standard InChI is InChI=1S/C22H15BrF3N3O2/c23-15-7-5-14(6-8-15)21(22(24,25)26,19-13-27-20-4-2-1-3-18(19)20)28-16-9-11-17(12-10-16)29(30)31/h1-13,27-28H. The summed E-state index contributed by atoms with van der Waals surface area (Å²) in [7, 11) is 0. The quantitative estimate of drug-likeness (QED) is 0.240. The number of non-ortho nitro benzene ring substituents is 1. The fourth-order valence-electron chi connectivity index (χ4n) is 3.65. The molecule has 0 amide bonds. The predicted molar refractivity (Wildman–Crippen MR) is 116 cm³/mol. The minimum Gasteiger partial charge on any atom is -0.364 e. The first-order valence-electron chi connectivity index (χ1n) is 9.14. The first-order chi connectivity index (χ1) is 14.7. The Morgan fingerprint density at radius 3 is 2.19 bits per heavy atom. The average molecular weight is 490 g/mol. The molecule has 0 saturated heterocycles. The van der Waals surface area contributed by atoms with E-state index in [1.165, 1.54) is 42.6 Å². The van der Waals surface area contributed by atoms with Gasteiger partial charge in [-0.05, 0) is 35.9 Å². The fourth-order valence-corrected chi connectivity index (χ4v) is 3.91. The van der Waals surface area contributed by atoms with E-state index < -0.39 is 16.6 Å². The van der Waals surface area contributed by atoms with Crippen LogP contribution in [-0.2, 0) is 5.54 Å². The molecule has 0 fully saturated rings. The molecule has 4 aromatic rings. The molecule has 2 N–H and O–H groups in total. The fraction of sp³-hybridized carbons (Fsp3) is 0.0909. The maximum atomic E-state index is 14.9. The number of rotatable bonds is 5.